The fourth-order valence-corrected chi connectivity index (χ4v) is 4.32. The van der Waals surface area contributed by atoms with E-state index in [1.807, 2.05) is 0 Å². The Morgan fingerprint density at radius 3 is 2.04 bits per heavy atom. The van der Waals surface area contributed by atoms with Crippen LogP contribution in [0.4, 0.5) is 8.78 Å². The molecule has 0 aliphatic heterocycles. The summed E-state index contributed by atoms with van der Waals surface area (Å²) in [6.45, 7) is 2.91. The van der Waals surface area contributed by atoms with Crippen LogP contribution in [0.15, 0.2) is 52.3 Å². The maximum absolute atomic E-state index is 13.8. The Bertz CT molecular complexity index is 972. The lowest BCUT2D eigenvalue weighted by Gasteiger charge is -2.15. The molecule has 0 aromatic heterocycles. The fourth-order valence-electron chi connectivity index (χ4n) is 2.21. The van der Waals surface area contributed by atoms with Crippen molar-refractivity contribution in [2.45, 2.75) is 29.7 Å². The van der Waals surface area contributed by atoms with Gasteiger partial charge in [0.05, 0.1) is 15.5 Å². The molecule has 2 aromatic rings. The highest BCUT2D eigenvalue weighted by atomic mass is 32.2. The van der Waals surface area contributed by atoms with E-state index >= 15 is 0 Å². The van der Waals surface area contributed by atoms with Gasteiger partial charge in [0, 0.05) is 17.7 Å². The Hall–Kier alpha value is -1.84. The molecule has 136 valence electrons. The van der Waals surface area contributed by atoms with Crippen molar-refractivity contribution < 1.29 is 25.6 Å². The molecule has 5 nitrogen and oxygen atoms in total. The first-order valence-electron chi connectivity index (χ1n) is 7.37. The van der Waals surface area contributed by atoms with Crippen LogP contribution < -0.4 is 4.72 Å². The standard InChI is InChI=1S/C16H17F2NO4S2/c1-3-24(20,21)13-5-7-14(8-6-13)25(22,23)19-11(2)15-9-4-12(17)10-16(15)18/h4-11,19H,3H2,1-2H3. The van der Waals surface area contributed by atoms with E-state index in [4.69, 9.17) is 0 Å². The number of hydrogen-bond donors (Lipinski definition) is 1. The van der Waals surface area contributed by atoms with Crippen LogP contribution in [-0.2, 0) is 19.9 Å². The summed E-state index contributed by atoms with van der Waals surface area (Å²) in [5.41, 5.74) is -0.00449. The van der Waals surface area contributed by atoms with Gasteiger partial charge in [-0.25, -0.2) is 30.3 Å². The monoisotopic (exact) mass is 389 g/mol. The highest BCUT2D eigenvalue weighted by molar-refractivity contribution is 7.91. The number of sulfone groups is 1. The van der Waals surface area contributed by atoms with Crippen LogP contribution in [0.3, 0.4) is 0 Å². The highest BCUT2D eigenvalue weighted by Crippen LogP contribution is 2.21. The third-order valence-corrected chi connectivity index (χ3v) is 6.94. The minimum absolute atomic E-state index is 0.00449. The van der Waals surface area contributed by atoms with E-state index < -0.39 is 37.5 Å². The largest absolute Gasteiger partial charge is 0.241 e. The first kappa shape index (κ1) is 19.5. The zero-order chi connectivity index (χ0) is 18.8. The zero-order valence-electron chi connectivity index (χ0n) is 13.5. The third-order valence-electron chi connectivity index (χ3n) is 3.63. The molecule has 0 saturated carbocycles. The van der Waals surface area contributed by atoms with E-state index in [-0.39, 0.29) is 21.1 Å². The average molecular weight is 389 g/mol. The van der Waals surface area contributed by atoms with Crippen molar-refractivity contribution in [3.8, 4) is 0 Å². The fraction of sp³-hybridized carbons (Fsp3) is 0.250. The van der Waals surface area contributed by atoms with Gasteiger partial charge in [0.15, 0.2) is 9.84 Å². The van der Waals surface area contributed by atoms with Crippen molar-refractivity contribution >= 4 is 19.9 Å². The topological polar surface area (TPSA) is 80.3 Å². The van der Waals surface area contributed by atoms with Crippen LogP contribution in [-0.4, -0.2) is 22.6 Å². The van der Waals surface area contributed by atoms with Gasteiger partial charge in [-0.05, 0) is 37.3 Å². The van der Waals surface area contributed by atoms with Crippen LogP contribution in [0.2, 0.25) is 0 Å². The van der Waals surface area contributed by atoms with Gasteiger partial charge in [-0.1, -0.05) is 13.0 Å². The highest BCUT2D eigenvalue weighted by Gasteiger charge is 2.21. The summed E-state index contributed by atoms with van der Waals surface area (Å²) in [5.74, 6) is -1.72. The van der Waals surface area contributed by atoms with Gasteiger partial charge < -0.3 is 0 Å². The molecule has 1 unspecified atom stereocenters. The number of rotatable bonds is 6. The van der Waals surface area contributed by atoms with Gasteiger partial charge in [0.2, 0.25) is 10.0 Å². The van der Waals surface area contributed by atoms with Crippen LogP contribution in [0.5, 0.6) is 0 Å². The summed E-state index contributed by atoms with van der Waals surface area (Å²) >= 11 is 0. The van der Waals surface area contributed by atoms with Crippen LogP contribution in [0.1, 0.15) is 25.5 Å². The normalized spacial score (nSPS) is 13.6. The first-order valence-corrected chi connectivity index (χ1v) is 10.5. The van der Waals surface area contributed by atoms with Crippen LogP contribution in [0, 0.1) is 11.6 Å². The maximum Gasteiger partial charge on any atom is 0.241 e. The van der Waals surface area contributed by atoms with E-state index in [0.29, 0.717) is 6.07 Å². The van der Waals surface area contributed by atoms with E-state index in [0.717, 1.165) is 12.1 Å². The molecule has 0 fully saturated rings. The molecule has 0 spiro atoms. The Labute approximate surface area is 145 Å². The number of hydrogen-bond acceptors (Lipinski definition) is 4. The summed E-state index contributed by atoms with van der Waals surface area (Å²) < 4.78 is 77.2. The predicted octanol–water partition coefficient (Wildman–Crippen LogP) is 2.80. The van der Waals surface area contributed by atoms with Crippen molar-refractivity contribution in [3.05, 3.63) is 59.7 Å². The van der Waals surface area contributed by atoms with E-state index in [9.17, 15) is 25.6 Å². The second kappa shape index (κ2) is 7.19. The molecule has 0 saturated heterocycles. The summed E-state index contributed by atoms with van der Waals surface area (Å²) in [5, 5.41) is 0. The first-order chi connectivity index (χ1) is 11.6. The number of nitrogens with one attached hydrogen (secondary N) is 1. The van der Waals surface area contributed by atoms with Gasteiger partial charge in [-0.3, -0.25) is 0 Å². The molecule has 0 heterocycles. The number of benzene rings is 2. The number of halogens is 2. The van der Waals surface area contributed by atoms with Gasteiger partial charge >= 0.3 is 0 Å². The lowest BCUT2D eigenvalue weighted by Crippen LogP contribution is -2.27. The minimum atomic E-state index is -4.01. The van der Waals surface area contributed by atoms with Crippen molar-refractivity contribution in [1.29, 1.82) is 0 Å². The van der Waals surface area contributed by atoms with Gasteiger partial charge in [-0.2, -0.15) is 0 Å². The Kier molecular flexibility index (Phi) is 5.60. The summed E-state index contributed by atoms with van der Waals surface area (Å²) in [4.78, 5) is -0.136. The quantitative estimate of drug-likeness (QED) is 0.824. The second-order valence-electron chi connectivity index (χ2n) is 5.38. The molecular weight excluding hydrogens is 372 g/mol. The van der Waals surface area contributed by atoms with Gasteiger partial charge in [0.25, 0.3) is 0 Å². The Morgan fingerprint density at radius 1 is 0.960 bits per heavy atom. The van der Waals surface area contributed by atoms with Crippen molar-refractivity contribution in [2.75, 3.05) is 5.75 Å². The lowest BCUT2D eigenvalue weighted by molar-refractivity contribution is 0.539. The Morgan fingerprint density at radius 2 is 1.52 bits per heavy atom. The van der Waals surface area contributed by atoms with Gasteiger partial charge in [0.1, 0.15) is 11.6 Å². The van der Waals surface area contributed by atoms with E-state index in [2.05, 4.69) is 4.72 Å². The molecule has 2 rings (SSSR count). The molecular formula is C16H17F2NO4S2. The molecule has 2 aromatic carbocycles. The predicted molar refractivity (Wildman–Crippen MR) is 89.3 cm³/mol. The molecule has 0 bridgehead atoms. The SMILES string of the molecule is CCS(=O)(=O)c1ccc(S(=O)(=O)NC(C)c2ccc(F)cc2F)cc1. The minimum Gasteiger partial charge on any atom is -0.224 e. The smallest absolute Gasteiger partial charge is 0.224 e. The molecule has 1 N–H and O–H groups in total. The van der Waals surface area contributed by atoms with Crippen LogP contribution in [0.25, 0.3) is 0 Å². The second-order valence-corrected chi connectivity index (χ2v) is 9.38. The molecule has 0 amide bonds. The van der Waals surface area contributed by atoms with Gasteiger partial charge in [-0.15, -0.1) is 0 Å². The molecule has 1 atom stereocenters. The summed E-state index contributed by atoms with van der Waals surface area (Å²) in [6.07, 6.45) is 0. The summed E-state index contributed by atoms with van der Waals surface area (Å²) in [6, 6.07) is 6.67. The zero-order valence-corrected chi connectivity index (χ0v) is 15.2. The van der Waals surface area contributed by atoms with Crippen molar-refractivity contribution in [1.82, 2.24) is 4.72 Å². The molecule has 0 aliphatic carbocycles. The Balaban J connectivity index is 2.27. The molecule has 25 heavy (non-hydrogen) atoms. The number of sulfonamides is 1. The average Bonchev–Trinajstić information content (AvgIpc) is 2.54. The maximum atomic E-state index is 13.8. The summed E-state index contributed by atoms with van der Waals surface area (Å²) in [7, 11) is -7.45. The van der Waals surface area contributed by atoms with Crippen molar-refractivity contribution in [3.63, 3.8) is 0 Å². The molecule has 0 radical (unpaired) electrons. The third kappa shape index (κ3) is 4.42. The lowest BCUT2D eigenvalue weighted by atomic mass is 10.1. The van der Waals surface area contributed by atoms with E-state index in [1.165, 1.54) is 38.1 Å². The van der Waals surface area contributed by atoms with Crippen molar-refractivity contribution in [2.24, 2.45) is 0 Å². The van der Waals surface area contributed by atoms with E-state index in [1.54, 1.807) is 0 Å². The van der Waals surface area contributed by atoms with Crippen LogP contribution >= 0.6 is 0 Å². The molecule has 0 aliphatic rings. The molecule has 9 heteroatoms.